The topological polar surface area (TPSA) is 144 Å². The Bertz CT molecular complexity index is 1350. The van der Waals surface area contributed by atoms with Gasteiger partial charge in [0.15, 0.2) is 0 Å². The van der Waals surface area contributed by atoms with E-state index in [2.05, 4.69) is 6.58 Å². The van der Waals surface area contributed by atoms with Crippen molar-refractivity contribution in [2.24, 2.45) is 0 Å². The SMILES string of the molecule is C=CC[Si]12O[Si](O)(CCC(F)(F)F)O[Si]3(CCC(F)(F)F)O[Si](O)(CCC(F)(F)F)O[Si](CCC(F)(F)F)(O[Si](O)(CCC(F)(F)F)O1)O[Si](CCC(F)(F)F)(O2)O3. The fourth-order valence-electron chi connectivity index (χ4n) is 5.33. The van der Waals surface area contributed by atoms with Crippen molar-refractivity contribution in [2.75, 3.05) is 0 Å². The lowest BCUT2D eigenvalue weighted by Crippen LogP contribution is -2.82. The number of allylic oxidation sites excluding steroid dienone is 1. The van der Waals surface area contributed by atoms with Crippen LogP contribution in [0.4, 0.5) is 79.0 Å². The van der Waals surface area contributed by atoms with E-state index < -0.39 is 180 Å². The molecule has 0 amide bonds. The lowest BCUT2D eigenvalue weighted by molar-refractivity contribution is -0.135. The minimum absolute atomic E-state index is 0.583. The summed E-state index contributed by atoms with van der Waals surface area (Å²) in [5.74, 6) is 0. The van der Waals surface area contributed by atoms with Gasteiger partial charge in [0.25, 0.3) is 0 Å². The molecule has 3 N–H and O–H groups in total. The van der Waals surface area contributed by atoms with Gasteiger partial charge in [0, 0.05) is 80.8 Å². The zero-order chi connectivity index (χ0) is 44.8. The number of hydrogen-bond donors (Lipinski definition) is 3. The molecular formula is C21H32F18O12Si7. The molecule has 3 aliphatic heterocycles. The van der Waals surface area contributed by atoms with Crippen molar-refractivity contribution in [1.82, 2.24) is 0 Å². The van der Waals surface area contributed by atoms with Crippen LogP contribution >= 0.6 is 0 Å². The zero-order valence-corrected chi connectivity index (χ0v) is 35.8. The van der Waals surface area contributed by atoms with Crippen LogP contribution in [0, 0.1) is 0 Å². The van der Waals surface area contributed by atoms with E-state index in [4.69, 9.17) is 37.0 Å². The Morgan fingerprint density at radius 3 is 0.741 bits per heavy atom. The summed E-state index contributed by atoms with van der Waals surface area (Å²) in [4.78, 5) is 35.0. The number of fused-ring (bicyclic) bond motifs is 3. The van der Waals surface area contributed by atoms with Crippen LogP contribution in [0.1, 0.15) is 38.5 Å². The van der Waals surface area contributed by atoms with Crippen LogP contribution in [0.5, 0.6) is 0 Å². The van der Waals surface area contributed by atoms with Crippen molar-refractivity contribution in [3.8, 4) is 0 Å². The van der Waals surface area contributed by atoms with Gasteiger partial charge in [-0.05, 0) is 0 Å². The van der Waals surface area contributed by atoms with Gasteiger partial charge in [0.1, 0.15) is 0 Å². The van der Waals surface area contributed by atoms with E-state index in [1.807, 2.05) is 0 Å². The van der Waals surface area contributed by atoms with Crippen LogP contribution in [0.2, 0.25) is 42.3 Å². The van der Waals surface area contributed by atoms with E-state index in [0.717, 1.165) is 0 Å². The highest BCUT2D eigenvalue weighted by atomic mass is 28.6. The Morgan fingerprint density at radius 2 is 0.517 bits per heavy atom. The quantitative estimate of drug-likeness (QED) is 0.0895. The van der Waals surface area contributed by atoms with Crippen molar-refractivity contribution < 1.29 is 130 Å². The van der Waals surface area contributed by atoms with Crippen LogP contribution in [0.15, 0.2) is 12.7 Å². The molecule has 0 spiro atoms. The summed E-state index contributed by atoms with van der Waals surface area (Å²) in [5, 5.41) is 0. The Labute approximate surface area is 322 Å². The normalized spacial score (nSPS) is 35.8. The zero-order valence-electron chi connectivity index (χ0n) is 28.8. The molecule has 4 atom stereocenters. The van der Waals surface area contributed by atoms with Crippen molar-refractivity contribution in [3.63, 3.8) is 0 Å². The minimum Gasteiger partial charge on any atom is -0.391 e. The van der Waals surface area contributed by atoms with Gasteiger partial charge in [-0.1, -0.05) is 6.08 Å². The Kier molecular flexibility index (Phi) is 15.4. The first-order valence-electron chi connectivity index (χ1n) is 16.2. The maximum Gasteiger partial charge on any atom is 0.483 e. The van der Waals surface area contributed by atoms with Gasteiger partial charge < -0.3 is 51.4 Å². The molecule has 58 heavy (non-hydrogen) atoms. The van der Waals surface area contributed by atoms with Crippen LogP contribution in [0.25, 0.3) is 0 Å². The largest absolute Gasteiger partial charge is 0.483 e. The van der Waals surface area contributed by atoms with Crippen LogP contribution in [0.3, 0.4) is 0 Å². The highest BCUT2D eigenvalue weighted by molar-refractivity contribution is 6.98. The van der Waals surface area contributed by atoms with Gasteiger partial charge in [-0.2, -0.15) is 79.0 Å². The van der Waals surface area contributed by atoms with Crippen LogP contribution in [-0.2, 0) is 37.0 Å². The number of alkyl halides is 18. The maximum absolute atomic E-state index is 13.9. The first-order chi connectivity index (χ1) is 25.7. The fourth-order valence-corrected chi connectivity index (χ4v) is 41.9. The molecule has 3 rings (SSSR count). The van der Waals surface area contributed by atoms with Crippen molar-refractivity contribution in [3.05, 3.63) is 12.7 Å². The molecule has 0 aromatic rings. The summed E-state index contributed by atoms with van der Waals surface area (Å²) in [6, 6.07) is -13.2. The smallest absolute Gasteiger partial charge is 0.391 e. The Hall–Kier alpha value is -0.482. The molecule has 0 saturated carbocycles. The second-order valence-electron chi connectivity index (χ2n) is 13.0. The Morgan fingerprint density at radius 1 is 0.328 bits per heavy atom. The molecular weight excluding hydrogens is 983 g/mol. The summed E-state index contributed by atoms with van der Waals surface area (Å²) in [6.45, 7) is 3.21. The number of halogens is 18. The lowest BCUT2D eigenvalue weighted by Gasteiger charge is -2.56. The molecule has 4 bridgehead atoms. The van der Waals surface area contributed by atoms with E-state index in [9.17, 15) is 93.4 Å². The molecule has 342 valence electrons. The second-order valence-corrected chi connectivity index (χ2v) is 33.5. The summed E-state index contributed by atoms with van der Waals surface area (Å²) < 4.78 is 295. The summed E-state index contributed by atoms with van der Waals surface area (Å²) in [5.41, 5.74) is 0. The molecule has 3 saturated heterocycles. The van der Waals surface area contributed by atoms with Gasteiger partial charge in [-0.15, -0.1) is 6.58 Å². The van der Waals surface area contributed by atoms with Gasteiger partial charge in [-0.25, -0.2) is 0 Å². The van der Waals surface area contributed by atoms with Crippen LogP contribution in [-0.4, -0.2) is 113 Å². The van der Waals surface area contributed by atoms with Crippen molar-refractivity contribution in [2.45, 2.75) is 118 Å². The highest BCUT2D eigenvalue weighted by Crippen LogP contribution is 2.50. The van der Waals surface area contributed by atoms with E-state index in [1.54, 1.807) is 0 Å². The highest BCUT2D eigenvalue weighted by Gasteiger charge is 2.77. The average Bonchev–Trinajstić information content (AvgIpc) is 2.95. The molecule has 37 heteroatoms. The third-order valence-electron chi connectivity index (χ3n) is 7.53. The molecule has 3 heterocycles. The van der Waals surface area contributed by atoms with Gasteiger partial charge in [-0.3, -0.25) is 0 Å². The molecule has 3 fully saturated rings. The van der Waals surface area contributed by atoms with Gasteiger partial charge in [0.2, 0.25) is 0 Å². The van der Waals surface area contributed by atoms with E-state index in [-0.39, 0.29) is 0 Å². The third kappa shape index (κ3) is 16.7. The standard InChI is InChI=1S/C21H32F18O12Si7/c1-2-9-55-43-52(40,10-3-16(22,23)24)45-56(13-6-19(31,32)33)47-54(42,12-5-18(28,29)30)48-57(14-7-20(34,35)36,46-53(41,44-55)11-4-17(25,26)27)51-58(49-55,50-56)15-8-21(37,38)39/h2,40-42H,1,3-15H2. The van der Waals surface area contributed by atoms with E-state index in [0.29, 0.717) is 6.08 Å². The predicted molar refractivity (Wildman–Crippen MR) is 165 cm³/mol. The summed E-state index contributed by atoms with van der Waals surface area (Å²) in [6.07, 6.45) is -45.7. The molecule has 4 unspecified atom stereocenters. The van der Waals surface area contributed by atoms with Gasteiger partial charge in [0.05, 0.1) is 0 Å². The predicted octanol–water partition coefficient (Wildman–Crippen LogP) is 7.63. The third-order valence-corrected chi connectivity index (χ3v) is 36.1. The Balaban J connectivity index is 2.56. The minimum atomic E-state index is -6.56. The average molecular weight is 1020 g/mol. The summed E-state index contributed by atoms with van der Waals surface area (Å²) in [7, 11) is -44.5. The molecule has 0 aromatic carbocycles. The molecule has 0 radical (unpaired) electrons. The van der Waals surface area contributed by atoms with Crippen molar-refractivity contribution in [1.29, 1.82) is 0 Å². The van der Waals surface area contributed by atoms with E-state index in [1.165, 1.54) is 0 Å². The van der Waals surface area contributed by atoms with Crippen LogP contribution < -0.4 is 0 Å². The molecule has 12 nitrogen and oxygen atoms in total. The molecule has 0 aromatic heterocycles. The fraction of sp³-hybridized carbons (Fsp3) is 0.905. The van der Waals surface area contributed by atoms with Gasteiger partial charge >= 0.3 is 98.7 Å². The van der Waals surface area contributed by atoms with E-state index >= 15 is 0 Å². The first kappa shape index (κ1) is 51.9. The number of hydrogen-bond acceptors (Lipinski definition) is 12. The summed E-state index contributed by atoms with van der Waals surface area (Å²) >= 11 is 0. The second kappa shape index (κ2) is 17.2. The first-order valence-corrected chi connectivity index (χ1v) is 29.8. The maximum atomic E-state index is 13.9. The van der Waals surface area contributed by atoms with Crippen molar-refractivity contribution >= 4 is 61.6 Å². The molecule has 3 aliphatic rings. The molecule has 0 aliphatic carbocycles. The lowest BCUT2D eigenvalue weighted by atomic mass is 10.5. The number of rotatable bonds is 14. The monoisotopic (exact) mass is 1010 g/mol.